The Labute approximate surface area is 92.5 Å². The van der Waals surface area contributed by atoms with Gasteiger partial charge in [-0.1, -0.05) is 29.8 Å². The first-order chi connectivity index (χ1) is 7.58. The van der Waals surface area contributed by atoms with Crippen molar-refractivity contribution in [3.05, 3.63) is 53.6 Å². The van der Waals surface area contributed by atoms with E-state index in [0.717, 1.165) is 17.2 Å². The lowest BCUT2D eigenvalue weighted by atomic mass is 10.0. The van der Waals surface area contributed by atoms with Crippen LogP contribution in [0.1, 0.15) is 5.56 Å². The molecule has 82 valence electrons. The van der Waals surface area contributed by atoms with Gasteiger partial charge in [0, 0.05) is 11.6 Å². The van der Waals surface area contributed by atoms with Crippen molar-refractivity contribution >= 4 is 5.69 Å². The summed E-state index contributed by atoms with van der Waals surface area (Å²) in [6.45, 7) is 1.91. The number of halogens is 2. The van der Waals surface area contributed by atoms with Crippen molar-refractivity contribution in [3.8, 4) is 11.1 Å². The molecule has 0 amide bonds. The van der Waals surface area contributed by atoms with Gasteiger partial charge in [0.15, 0.2) is 0 Å². The van der Waals surface area contributed by atoms with E-state index in [1.165, 1.54) is 6.07 Å². The van der Waals surface area contributed by atoms with E-state index in [2.05, 4.69) is 0 Å². The summed E-state index contributed by atoms with van der Waals surface area (Å²) in [7, 11) is 0. The van der Waals surface area contributed by atoms with Gasteiger partial charge in [0.1, 0.15) is 11.6 Å². The zero-order valence-corrected chi connectivity index (χ0v) is 8.80. The maximum absolute atomic E-state index is 13.3. The standard InChI is InChI=1S/C13H11F2N/c1-8-3-2-4-9(5-8)11-6-10(14)7-12(15)13(11)16/h2-7H,16H2,1H3. The Kier molecular flexibility index (Phi) is 2.60. The van der Waals surface area contributed by atoms with Gasteiger partial charge in [-0.3, -0.25) is 0 Å². The molecular formula is C13H11F2N. The number of hydrogen-bond acceptors (Lipinski definition) is 1. The van der Waals surface area contributed by atoms with Crippen LogP contribution < -0.4 is 5.73 Å². The average Bonchev–Trinajstić information content (AvgIpc) is 2.23. The van der Waals surface area contributed by atoms with Crippen LogP contribution in [0.15, 0.2) is 36.4 Å². The summed E-state index contributed by atoms with van der Waals surface area (Å²) in [4.78, 5) is 0. The van der Waals surface area contributed by atoms with Crippen LogP contribution >= 0.6 is 0 Å². The highest BCUT2D eigenvalue weighted by Gasteiger charge is 2.09. The lowest BCUT2D eigenvalue weighted by molar-refractivity contribution is 0.587. The van der Waals surface area contributed by atoms with Crippen LogP contribution in [0.4, 0.5) is 14.5 Å². The summed E-state index contributed by atoms with van der Waals surface area (Å²) in [5.74, 6) is -1.35. The van der Waals surface area contributed by atoms with Crippen LogP contribution in [0, 0.1) is 18.6 Å². The van der Waals surface area contributed by atoms with E-state index >= 15 is 0 Å². The van der Waals surface area contributed by atoms with E-state index in [1.54, 1.807) is 6.07 Å². The summed E-state index contributed by atoms with van der Waals surface area (Å²) in [5, 5.41) is 0. The molecular weight excluding hydrogens is 208 g/mol. The van der Waals surface area contributed by atoms with Crippen LogP contribution in [-0.2, 0) is 0 Å². The van der Waals surface area contributed by atoms with Gasteiger partial charge in [0.25, 0.3) is 0 Å². The van der Waals surface area contributed by atoms with Gasteiger partial charge in [0.2, 0.25) is 0 Å². The first kappa shape index (κ1) is 10.6. The molecule has 0 spiro atoms. The van der Waals surface area contributed by atoms with E-state index in [0.29, 0.717) is 5.56 Å². The number of nitrogens with two attached hydrogens (primary N) is 1. The van der Waals surface area contributed by atoms with Crippen LogP contribution in [0.5, 0.6) is 0 Å². The van der Waals surface area contributed by atoms with Gasteiger partial charge >= 0.3 is 0 Å². The van der Waals surface area contributed by atoms with Gasteiger partial charge in [-0.05, 0) is 18.6 Å². The predicted molar refractivity (Wildman–Crippen MR) is 60.9 cm³/mol. The Balaban J connectivity index is 2.64. The van der Waals surface area contributed by atoms with E-state index in [1.807, 2.05) is 25.1 Å². The number of aryl methyl sites for hydroxylation is 1. The Morgan fingerprint density at radius 3 is 2.50 bits per heavy atom. The largest absolute Gasteiger partial charge is 0.396 e. The Hall–Kier alpha value is -1.90. The molecule has 0 fully saturated rings. The maximum Gasteiger partial charge on any atom is 0.149 e. The molecule has 16 heavy (non-hydrogen) atoms. The highest BCUT2D eigenvalue weighted by Crippen LogP contribution is 2.29. The highest BCUT2D eigenvalue weighted by molar-refractivity contribution is 5.77. The molecule has 2 N–H and O–H groups in total. The molecule has 0 aliphatic carbocycles. The zero-order chi connectivity index (χ0) is 11.7. The number of rotatable bonds is 1. The third-order valence-electron chi connectivity index (χ3n) is 2.42. The van der Waals surface area contributed by atoms with Gasteiger partial charge < -0.3 is 5.73 Å². The molecule has 0 saturated carbocycles. The van der Waals surface area contributed by atoms with Crippen molar-refractivity contribution in [1.29, 1.82) is 0 Å². The number of benzene rings is 2. The van der Waals surface area contributed by atoms with Crippen LogP contribution in [0.3, 0.4) is 0 Å². The minimum atomic E-state index is -0.725. The second-order valence-corrected chi connectivity index (χ2v) is 3.72. The molecule has 0 radical (unpaired) electrons. The topological polar surface area (TPSA) is 26.0 Å². The van der Waals surface area contributed by atoms with Crippen LogP contribution in [0.2, 0.25) is 0 Å². The molecule has 0 atom stereocenters. The third kappa shape index (κ3) is 1.89. The van der Waals surface area contributed by atoms with Crippen molar-refractivity contribution in [1.82, 2.24) is 0 Å². The normalized spacial score (nSPS) is 10.4. The van der Waals surface area contributed by atoms with Crippen molar-refractivity contribution < 1.29 is 8.78 Å². The van der Waals surface area contributed by atoms with Crippen LogP contribution in [0.25, 0.3) is 11.1 Å². The second kappa shape index (κ2) is 3.93. The van der Waals surface area contributed by atoms with Crippen LogP contribution in [-0.4, -0.2) is 0 Å². The molecule has 2 aromatic rings. The smallest absolute Gasteiger partial charge is 0.149 e. The summed E-state index contributed by atoms with van der Waals surface area (Å²) in [6.07, 6.45) is 0. The first-order valence-corrected chi connectivity index (χ1v) is 4.89. The molecule has 0 unspecified atom stereocenters. The van der Waals surface area contributed by atoms with E-state index in [4.69, 9.17) is 5.73 Å². The van der Waals surface area contributed by atoms with Gasteiger partial charge in [-0.25, -0.2) is 8.78 Å². The first-order valence-electron chi connectivity index (χ1n) is 4.89. The Morgan fingerprint density at radius 1 is 1.06 bits per heavy atom. The summed E-state index contributed by atoms with van der Waals surface area (Å²) >= 11 is 0. The molecule has 0 bridgehead atoms. The molecule has 2 rings (SSSR count). The molecule has 2 aromatic carbocycles. The van der Waals surface area contributed by atoms with Crippen molar-refractivity contribution in [2.45, 2.75) is 6.92 Å². The van der Waals surface area contributed by atoms with Gasteiger partial charge in [-0.15, -0.1) is 0 Å². The molecule has 0 aromatic heterocycles. The molecule has 0 aliphatic heterocycles. The fraction of sp³-hybridized carbons (Fsp3) is 0.0769. The quantitative estimate of drug-likeness (QED) is 0.729. The SMILES string of the molecule is Cc1cccc(-c2cc(F)cc(F)c2N)c1. The molecule has 0 heterocycles. The lowest BCUT2D eigenvalue weighted by Crippen LogP contribution is -1.96. The molecule has 3 heteroatoms. The summed E-state index contributed by atoms with van der Waals surface area (Å²) in [5.41, 5.74) is 7.69. The van der Waals surface area contributed by atoms with E-state index < -0.39 is 11.6 Å². The lowest BCUT2D eigenvalue weighted by Gasteiger charge is -2.07. The number of hydrogen-bond donors (Lipinski definition) is 1. The maximum atomic E-state index is 13.3. The summed E-state index contributed by atoms with van der Waals surface area (Å²) < 4.78 is 26.4. The number of nitrogen functional groups attached to an aromatic ring is 1. The number of anilines is 1. The Morgan fingerprint density at radius 2 is 1.81 bits per heavy atom. The van der Waals surface area contributed by atoms with Crippen molar-refractivity contribution in [2.75, 3.05) is 5.73 Å². The van der Waals surface area contributed by atoms with E-state index in [-0.39, 0.29) is 5.69 Å². The Bertz CT molecular complexity index is 535. The van der Waals surface area contributed by atoms with Crippen molar-refractivity contribution in [2.24, 2.45) is 0 Å². The van der Waals surface area contributed by atoms with E-state index in [9.17, 15) is 8.78 Å². The zero-order valence-electron chi connectivity index (χ0n) is 8.80. The monoisotopic (exact) mass is 219 g/mol. The minimum absolute atomic E-state index is 0.0213. The highest BCUT2D eigenvalue weighted by atomic mass is 19.1. The fourth-order valence-electron chi connectivity index (χ4n) is 1.64. The molecule has 0 aliphatic rings. The average molecular weight is 219 g/mol. The van der Waals surface area contributed by atoms with Gasteiger partial charge in [0.05, 0.1) is 5.69 Å². The minimum Gasteiger partial charge on any atom is -0.396 e. The predicted octanol–water partition coefficient (Wildman–Crippen LogP) is 3.52. The molecule has 0 saturated heterocycles. The second-order valence-electron chi connectivity index (χ2n) is 3.72. The van der Waals surface area contributed by atoms with Crippen molar-refractivity contribution in [3.63, 3.8) is 0 Å². The fourth-order valence-corrected chi connectivity index (χ4v) is 1.64. The van der Waals surface area contributed by atoms with Gasteiger partial charge in [-0.2, -0.15) is 0 Å². The summed E-state index contributed by atoms with van der Waals surface area (Å²) in [6, 6.07) is 9.38. The third-order valence-corrected chi connectivity index (χ3v) is 2.42. The molecule has 1 nitrogen and oxygen atoms in total.